The average Bonchev–Trinajstić information content (AvgIpc) is 2.89. The Morgan fingerprint density at radius 1 is 1.00 bits per heavy atom. The van der Waals surface area contributed by atoms with Crippen LogP contribution < -0.4 is 10.6 Å². The van der Waals surface area contributed by atoms with Crippen LogP contribution in [0, 0.1) is 0 Å². The minimum Gasteiger partial charge on any atom is -0.308 e. The van der Waals surface area contributed by atoms with Gasteiger partial charge in [-0.3, -0.25) is 5.10 Å². The molecule has 3 rings (SSSR count). The largest absolute Gasteiger partial charge is 0.323 e. The van der Waals surface area contributed by atoms with Gasteiger partial charge in [-0.25, -0.2) is 4.79 Å². The molecule has 94 valence electrons. The molecule has 0 radical (unpaired) electrons. The molecule has 2 amide bonds. The summed E-state index contributed by atoms with van der Waals surface area (Å²) in [6.07, 6.45) is 1.69. The predicted molar refractivity (Wildman–Crippen MR) is 75.2 cm³/mol. The van der Waals surface area contributed by atoms with Crippen molar-refractivity contribution >= 4 is 28.3 Å². The predicted octanol–water partition coefficient (Wildman–Crippen LogP) is 3.21. The summed E-state index contributed by atoms with van der Waals surface area (Å²) in [5.41, 5.74) is 2.36. The van der Waals surface area contributed by atoms with Gasteiger partial charge in [-0.2, -0.15) is 5.10 Å². The fourth-order valence-corrected chi connectivity index (χ4v) is 1.88. The number of rotatable bonds is 2. The van der Waals surface area contributed by atoms with Gasteiger partial charge in [-0.15, -0.1) is 0 Å². The van der Waals surface area contributed by atoms with Crippen LogP contribution in [0.15, 0.2) is 54.7 Å². The van der Waals surface area contributed by atoms with Gasteiger partial charge in [-0.1, -0.05) is 24.3 Å². The lowest BCUT2D eigenvalue weighted by Crippen LogP contribution is -2.19. The van der Waals surface area contributed by atoms with Crippen LogP contribution in [0.1, 0.15) is 0 Å². The molecule has 1 heterocycles. The monoisotopic (exact) mass is 252 g/mol. The highest BCUT2D eigenvalue weighted by Crippen LogP contribution is 2.21. The van der Waals surface area contributed by atoms with E-state index < -0.39 is 0 Å². The zero-order valence-corrected chi connectivity index (χ0v) is 10.1. The fourth-order valence-electron chi connectivity index (χ4n) is 1.88. The number of aromatic amines is 1. The Morgan fingerprint density at radius 3 is 2.68 bits per heavy atom. The molecule has 5 nitrogen and oxygen atoms in total. The molecule has 0 aliphatic carbocycles. The van der Waals surface area contributed by atoms with Crippen LogP contribution in [0.3, 0.4) is 0 Å². The number of anilines is 2. The second-order valence-corrected chi connectivity index (χ2v) is 4.08. The highest BCUT2D eigenvalue weighted by atomic mass is 16.2. The molecule has 0 bridgehead atoms. The quantitative estimate of drug-likeness (QED) is 0.655. The van der Waals surface area contributed by atoms with Gasteiger partial charge in [-0.05, 0) is 24.3 Å². The molecule has 0 aliphatic heterocycles. The van der Waals surface area contributed by atoms with Crippen LogP contribution >= 0.6 is 0 Å². The first kappa shape index (κ1) is 11.3. The van der Waals surface area contributed by atoms with Crippen LogP contribution in [-0.4, -0.2) is 16.2 Å². The minimum atomic E-state index is -0.278. The Hall–Kier alpha value is -2.82. The van der Waals surface area contributed by atoms with Crippen molar-refractivity contribution < 1.29 is 4.79 Å². The first-order valence-corrected chi connectivity index (χ1v) is 5.88. The number of aromatic nitrogens is 2. The standard InChI is InChI=1S/C14H12N4O/c19-14(16-10-5-2-1-3-6-10)17-12-7-4-8-13-11(12)9-15-18-13/h1-9H,(H,15,18)(H2,16,17,19). The van der Waals surface area contributed by atoms with Gasteiger partial charge >= 0.3 is 6.03 Å². The Morgan fingerprint density at radius 2 is 1.84 bits per heavy atom. The maximum Gasteiger partial charge on any atom is 0.323 e. The number of nitrogens with one attached hydrogen (secondary N) is 3. The molecule has 0 saturated heterocycles. The third-order valence-electron chi connectivity index (χ3n) is 2.76. The third-order valence-corrected chi connectivity index (χ3v) is 2.76. The van der Waals surface area contributed by atoms with E-state index in [1.807, 2.05) is 48.5 Å². The van der Waals surface area contributed by atoms with Crippen molar-refractivity contribution in [3.05, 3.63) is 54.7 Å². The van der Waals surface area contributed by atoms with Gasteiger partial charge in [0.15, 0.2) is 0 Å². The molecule has 19 heavy (non-hydrogen) atoms. The first-order chi connectivity index (χ1) is 9.33. The zero-order valence-electron chi connectivity index (χ0n) is 10.1. The summed E-state index contributed by atoms with van der Waals surface area (Å²) in [4.78, 5) is 11.9. The van der Waals surface area contributed by atoms with E-state index in [0.717, 1.165) is 22.3 Å². The highest BCUT2D eigenvalue weighted by molar-refractivity contribution is 6.05. The number of amides is 2. The summed E-state index contributed by atoms with van der Waals surface area (Å²) in [6.45, 7) is 0. The van der Waals surface area contributed by atoms with Crippen LogP contribution in [-0.2, 0) is 0 Å². The number of fused-ring (bicyclic) bond motifs is 1. The number of H-pyrrole nitrogens is 1. The number of benzene rings is 2. The van der Waals surface area contributed by atoms with E-state index in [1.165, 1.54) is 0 Å². The topological polar surface area (TPSA) is 69.8 Å². The van der Waals surface area contributed by atoms with Crippen LogP contribution in [0.25, 0.3) is 10.9 Å². The van der Waals surface area contributed by atoms with E-state index in [-0.39, 0.29) is 6.03 Å². The molecule has 0 aliphatic rings. The normalized spacial score (nSPS) is 10.3. The van der Waals surface area contributed by atoms with Gasteiger partial charge in [0.05, 0.1) is 17.4 Å². The molecule has 0 atom stereocenters. The van der Waals surface area contributed by atoms with Crippen LogP contribution in [0.2, 0.25) is 0 Å². The summed E-state index contributed by atoms with van der Waals surface area (Å²) in [6, 6.07) is 14.6. The number of hydrogen-bond acceptors (Lipinski definition) is 2. The summed E-state index contributed by atoms with van der Waals surface area (Å²) in [5, 5.41) is 13.3. The van der Waals surface area contributed by atoms with Crippen LogP contribution in [0.4, 0.5) is 16.2 Å². The van der Waals surface area contributed by atoms with Gasteiger partial charge in [0.2, 0.25) is 0 Å². The SMILES string of the molecule is O=C(Nc1ccccc1)Nc1cccc2[nH]ncc12. The lowest BCUT2D eigenvalue weighted by Gasteiger charge is -2.08. The summed E-state index contributed by atoms with van der Waals surface area (Å²) < 4.78 is 0. The number of carbonyl (C=O) groups excluding carboxylic acids is 1. The van der Waals surface area contributed by atoms with Crippen LogP contribution in [0.5, 0.6) is 0 Å². The number of para-hydroxylation sites is 1. The molecule has 0 fully saturated rings. The minimum absolute atomic E-state index is 0.278. The van der Waals surface area contributed by atoms with E-state index in [0.29, 0.717) is 0 Å². The fraction of sp³-hybridized carbons (Fsp3) is 0. The zero-order chi connectivity index (χ0) is 13.1. The van der Waals surface area contributed by atoms with Gasteiger partial charge < -0.3 is 10.6 Å². The molecule has 5 heteroatoms. The van der Waals surface area contributed by atoms with Crippen molar-refractivity contribution in [1.29, 1.82) is 0 Å². The molecule has 0 spiro atoms. The highest BCUT2D eigenvalue weighted by Gasteiger charge is 2.06. The molecule has 2 aromatic carbocycles. The van der Waals surface area contributed by atoms with Crippen molar-refractivity contribution in [1.82, 2.24) is 10.2 Å². The summed E-state index contributed by atoms with van der Waals surface area (Å²) in [5.74, 6) is 0. The van der Waals surface area contributed by atoms with Crippen molar-refractivity contribution in [3.8, 4) is 0 Å². The molecule has 0 saturated carbocycles. The third kappa shape index (κ3) is 2.40. The lowest BCUT2D eigenvalue weighted by atomic mass is 10.2. The van der Waals surface area contributed by atoms with E-state index >= 15 is 0 Å². The van der Waals surface area contributed by atoms with Crippen molar-refractivity contribution in [2.45, 2.75) is 0 Å². The van der Waals surface area contributed by atoms with Crippen molar-refractivity contribution in [2.24, 2.45) is 0 Å². The van der Waals surface area contributed by atoms with E-state index in [2.05, 4.69) is 20.8 Å². The Kier molecular flexibility index (Phi) is 2.86. The van der Waals surface area contributed by atoms with Crippen molar-refractivity contribution in [2.75, 3.05) is 10.6 Å². The second-order valence-electron chi connectivity index (χ2n) is 4.08. The van der Waals surface area contributed by atoms with Gasteiger partial charge in [0, 0.05) is 11.1 Å². The number of urea groups is 1. The molecule has 0 unspecified atom stereocenters. The summed E-state index contributed by atoms with van der Waals surface area (Å²) in [7, 11) is 0. The number of carbonyl (C=O) groups is 1. The summed E-state index contributed by atoms with van der Waals surface area (Å²) >= 11 is 0. The Bertz CT molecular complexity index is 706. The maximum atomic E-state index is 11.9. The van der Waals surface area contributed by atoms with Crippen molar-refractivity contribution in [3.63, 3.8) is 0 Å². The molecule has 3 aromatic rings. The van der Waals surface area contributed by atoms with E-state index in [1.54, 1.807) is 6.20 Å². The second kappa shape index (κ2) is 4.81. The van der Waals surface area contributed by atoms with Gasteiger partial charge in [0.25, 0.3) is 0 Å². The number of hydrogen-bond donors (Lipinski definition) is 3. The average molecular weight is 252 g/mol. The van der Waals surface area contributed by atoms with Gasteiger partial charge in [0.1, 0.15) is 0 Å². The molecule has 1 aromatic heterocycles. The molecular formula is C14H12N4O. The lowest BCUT2D eigenvalue weighted by molar-refractivity contribution is 0.262. The first-order valence-electron chi connectivity index (χ1n) is 5.88. The maximum absolute atomic E-state index is 11.9. The Balaban J connectivity index is 1.78. The molecular weight excluding hydrogens is 240 g/mol. The number of nitrogens with zero attached hydrogens (tertiary/aromatic N) is 1. The smallest absolute Gasteiger partial charge is 0.308 e. The van der Waals surface area contributed by atoms with E-state index in [9.17, 15) is 4.79 Å². The van der Waals surface area contributed by atoms with E-state index in [4.69, 9.17) is 0 Å². The molecule has 3 N–H and O–H groups in total. The Labute approximate surface area is 109 Å².